The van der Waals surface area contributed by atoms with E-state index in [9.17, 15) is 9.90 Å². The third kappa shape index (κ3) is 11.1. The Morgan fingerprint density at radius 1 is 0.780 bits per heavy atom. The highest BCUT2D eigenvalue weighted by Crippen LogP contribution is 2.68. The lowest BCUT2D eigenvalue weighted by molar-refractivity contribution is -0.162. The van der Waals surface area contributed by atoms with E-state index >= 15 is 0 Å². The highest BCUT2D eigenvalue weighted by Gasteiger charge is 2.60. The van der Waals surface area contributed by atoms with Gasteiger partial charge in [0.2, 0.25) is 0 Å². The largest absolute Gasteiger partial charge is 0.462 e. The summed E-state index contributed by atoms with van der Waals surface area (Å²) in [5, 5.41) is 10.1. The Balaban J connectivity index is 1.11. The number of hydrogen-bond donors (Lipinski definition) is 1. The number of ether oxygens (including phenoxy) is 1. The van der Waals surface area contributed by atoms with Gasteiger partial charge in [0.1, 0.15) is 6.10 Å². The van der Waals surface area contributed by atoms with Crippen LogP contribution in [0.15, 0.2) is 12.2 Å². The summed E-state index contributed by atoms with van der Waals surface area (Å²) in [5.41, 5.74) is 1.01. The lowest BCUT2D eigenvalue weighted by atomic mass is 9.44. The molecule has 0 bridgehead atoms. The van der Waals surface area contributed by atoms with Crippen molar-refractivity contribution in [2.24, 2.45) is 58.2 Å². The van der Waals surface area contributed by atoms with Crippen molar-refractivity contribution in [3.05, 3.63) is 12.2 Å². The fourth-order valence-electron chi connectivity index (χ4n) is 12.6. The Morgan fingerprint density at radius 3 is 2.26 bits per heavy atom. The third-order valence-electron chi connectivity index (χ3n) is 15.9. The molecule has 0 radical (unpaired) electrons. The van der Waals surface area contributed by atoms with Gasteiger partial charge < -0.3 is 9.84 Å². The van der Waals surface area contributed by atoms with Crippen LogP contribution in [0.5, 0.6) is 0 Å². The lowest BCUT2D eigenvalue weighted by Crippen LogP contribution is -2.54. The van der Waals surface area contributed by atoms with Gasteiger partial charge in [-0.05, 0) is 154 Å². The van der Waals surface area contributed by atoms with Crippen LogP contribution in [0.2, 0.25) is 0 Å². The van der Waals surface area contributed by atoms with E-state index in [-0.39, 0.29) is 18.2 Å². The van der Waals surface area contributed by atoms with Crippen molar-refractivity contribution < 1.29 is 14.6 Å². The molecule has 4 rings (SSSR count). The second-order valence-electron chi connectivity index (χ2n) is 19.3. The SMILES string of the molecule is CCCCCC[C@@H](O)C/C=C\CCCCCCCC(=O)OC1CC[C@@]2(C)C(CC[C@H]3[C@@H]4CC[C@H]([C@H](C)CC[C@@H](CC)C(C)C)[C@@]4(C)CC[C@@H]32)C1. The number of rotatable bonds is 22. The lowest BCUT2D eigenvalue weighted by Gasteiger charge is -2.61. The standard InChI is InChI=1S/C47H84O3/c1-8-10-11-18-21-39(48)22-19-16-14-12-13-15-17-20-23-45(49)50-40-30-32-46(6)38(34-40)26-27-41-43-29-28-42(47(43,7)33-31-44(41)46)36(5)24-25-37(9-2)35(3)4/h16,19,35-44,48H,8-15,17-18,20-34H2,1-7H3/b19-16-/t36-,37-,38?,39-,40?,41+,42-,43+,44+,46+,47-/m1/s1. The zero-order valence-corrected chi connectivity index (χ0v) is 34.4. The molecule has 4 aliphatic carbocycles. The van der Waals surface area contributed by atoms with Crippen molar-refractivity contribution in [1.82, 2.24) is 0 Å². The number of unbranched alkanes of at least 4 members (excludes halogenated alkanes) is 8. The average molecular weight is 697 g/mol. The number of fused-ring (bicyclic) bond motifs is 5. The molecule has 3 nitrogen and oxygen atoms in total. The molecule has 290 valence electrons. The van der Waals surface area contributed by atoms with Crippen LogP contribution in [0.3, 0.4) is 0 Å². The van der Waals surface area contributed by atoms with Gasteiger partial charge in [0.05, 0.1) is 6.10 Å². The van der Waals surface area contributed by atoms with Crippen LogP contribution in [0, 0.1) is 58.2 Å². The number of aliphatic hydroxyl groups is 1. The molecule has 1 N–H and O–H groups in total. The predicted octanol–water partition coefficient (Wildman–Crippen LogP) is 13.7. The van der Waals surface area contributed by atoms with Gasteiger partial charge >= 0.3 is 5.97 Å². The molecule has 0 aliphatic heterocycles. The molecule has 3 heteroatoms. The van der Waals surface area contributed by atoms with E-state index in [1.54, 1.807) is 0 Å². The minimum absolute atomic E-state index is 0.0571. The van der Waals surface area contributed by atoms with Crippen LogP contribution >= 0.6 is 0 Å². The van der Waals surface area contributed by atoms with Gasteiger partial charge in [0, 0.05) is 6.42 Å². The van der Waals surface area contributed by atoms with Crippen LogP contribution in [0.4, 0.5) is 0 Å². The minimum Gasteiger partial charge on any atom is -0.462 e. The number of esters is 1. The fourth-order valence-corrected chi connectivity index (χ4v) is 12.6. The monoisotopic (exact) mass is 697 g/mol. The van der Waals surface area contributed by atoms with Crippen molar-refractivity contribution >= 4 is 5.97 Å². The van der Waals surface area contributed by atoms with Crippen LogP contribution in [-0.4, -0.2) is 23.3 Å². The zero-order chi connectivity index (χ0) is 36.1. The van der Waals surface area contributed by atoms with Gasteiger partial charge in [0.25, 0.3) is 0 Å². The maximum Gasteiger partial charge on any atom is 0.306 e. The molecule has 0 heterocycles. The number of carbonyl (C=O) groups is 1. The first-order chi connectivity index (χ1) is 24.0. The van der Waals surface area contributed by atoms with Crippen molar-refractivity contribution in [3.8, 4) is 0 Å². The van der Waals surface area contributed by atoms with E-state index < -0.39 is 0 Å². The molecule has 0 aromatic carbocycles. The molecule has 4 saturated carbocycles. The minimum atomic E-state index is -0.170. The molecular formula is C47H84O3. The van der Waals surface area contributed by atoms with E-state index in [2.05, 4.69) is 60.6 Å². The molecule has 2 unspecified atom stereocenters. The fraction of sp³-hybridized carbons (Fsp3) is 0.936. The maximum atomic E-state index is 12.9. The summed E-state index contributed by atoms with van der Waals surface area (Å²) in [5.74, 6) is 7.06. The summed E-state index contributed by atoms with van der Waals surface area (Å²) in [4.78, 5) is 12.9. The van der Waals surface area contributed by atoms with Crippen molar-refractivity contribution in [3.63, 3.8) is 0 Å². The first-order valence-electron chi connectivity index (χ1n) is 22.6. The van der Waals surface area contributed by atoms with Gasteiger partial charge in [-0.25, -0.2) is 0 Å². The Labute approximate surface area is 311 Å². The van der Waals surface area contributed by atoms with Gasteiger partial charge in [0.15, 0.2) is 0 Å². The highest BCUT2D eigenvalue weighted by atomic mass is 16.5. The number of aliphatic hydroxyl groups excluding tert-OH is 1. The quantitative estimate of drug-likeness (QED) is 0.0696. The van der Waals surface area contributed by atoms with Crippen LogP contribution in [0.1, 0.15) is 209 Å². The summed E-state index contributed by atoms with van der Waals surface area (Å²) < 4.78 is 6.17. The Kier molecular flexibility index (Phi) is 17.3. The van der Waals surface area contributed by atoms with E-state index in [0.717, 1.165) is 98.7 Å². The third-order valence-corrected chi connectivity index (χ3v) is 15.9. The molecule has 0 spiro atoms. The van der Waals surface area contributed by atoms with E-state index in [1.165, 1.54) is 103 Å². The smallest absolute Gasteiger partial charge is 0.306 e. The van der Waals surface area contributed by atoms with Crippen LogP contribution < -0.4 is 0 Å². The zero-order valence-electron chi connectivity index (χ0n) is 34.4. The molecule has 4 fully saturated rings. The number of hydrogen-bond acceptors (Lipinski definition) is 3. The summed E-state index contributed by atoms with van der Waals surface area (Å²) in [7, 11) is 0. The van der Waals surface area contributed by atoms with E-state index in [0.29, 0.717) is 17.3 Å². The topological polar surface area (TPSA) is 46.5 Å². The Bertz CT molecular complexity index is 1000. The second-order valence-corrected chi connectivity index (χ2v) is 19.3. The first-order valence-corrected chi connectivity index (χ1v) is 22.6. The Hall–Kier alpha value is -0.830. The van der Waals surface area contributed by atoms with Crippen molar-refractivity contribution in [1.29, 1.82) is 0 Å². The van der Waals surface area contributed by atoms with Crippen LogP contribution in [0.25, 0.3) is 0 Å². The molecule has 0 aromatic rings. The van der Waals surface area contributed by atoms with E-state index in [1.807, 2.05) is 0 Å². The Morgan fingerprint density at radius 2 is 1.50 bits per heavy atom. The summed E-state index contributed by atoms with van der Waals surface area (Å²) in [6.07, 6.45) is 34.8. The summed E-state index contributed by atoms with van der Waals surface area (Å²) in [6, 6.07) is 0. The van der Waals surface area contributed by atoms with Crippen molar-refractivity contribution in [2.45, 2.75) is 221 Å². The predicted molar refractivity (Wildman–Crippen MR) is 213 cm³/mol. The molecule has 50 heavy (non-hydrogen) atoms. The first kappa shape index (κ1) is 41.9. The molecule has 0 saturated heterocycles. The summed E-state index contributed by atoms with van der Waals surface area (Å²) >= 11 is 0. The molecule has 0 amide bonds. The summed E-state index contributed by atoms with van der Waals surface area (Å²) in [6.45, 7) is 17.5. The molecular weight excluding hydrogens is 613 g/mol. The molecule has 11 atom stereocenters. The van der Waals surface area contributed by atoms with Gasteiger partial charge in [-0.1, -0.05) is 118 Å². The maximum absolute atomic E-state index is 12.9. The van der Waals surface area contributed by atoms with Crippen molar-refractivity contribution in [2.75, 3.05) is 0 Å². The second kappa shape index (κ2) is 20.6. The van der Waals surface area contributed by atoms with Gasteiger partial charge in [-0.2, -0.15) is 0 Å². The number of allylic oxidation sites excluding steroid dienone is 1. The highest BCUT2D eigenvalue weighted by molar-refractivity contribution is 5.69. The number of carbonyl (C=O) groups excluding carboxylic acids is 1. The normalized spacial score (nSPS) is 34.3. The van der Waals surface area contributed by atoms with Crippen LogP contribution in [-0.2, 0) is 9.53 Å². The molecule has 0 aromatic heterocycles. The van der Waals surface area contributed by atoms with Gasteiger partial charge in [-0.3, -0.25) is 4.79 Å². The van der Waals surface area contributed by atoms with E-state index in [4.69, 9.17) is 4.74 Å². The van der Waals surface area contributed by atoms with Gasteiger partial charge in [-0.15, -0.1) is 0 Å². The average Bonchev–Trinajstić information content (AvgIpc) is 3.45. The molecule has 4 aliphatic rings.